The van der Waals surface area contributed by atoms with Gasteiger partial charge in [-0.05, 0) is 30.7 Å². The van der Waals surface area contributed by atoms with Crippen LogP contribution in [0.4, 0.5) is 4.39 Å². The summed E-state index contributed by atoms with van der Waals surface area (Å²) in [5.74, 6) is -0.268. The van der Waals surface area contributed by atoms with Crippen molar-refractivity contribution in [2.75, 3.05) is 0 Å². The molecular weight excluding hydrogens is 291 g/mol. The maximum absolute atomic E-state index is 13.7. The lowest BCUT2D eigenvalue weighted by Gasteiger charge is -2.15. The van der Waals surface area contributed by atoms with Crippen LogP contribution in [0, 0.1) is 5.82 Å². The lowest BCUT2D eigenvalue weighted by Crippen LogP contribution is -2.19. The van der Waals surface area contributed by atoms with E-state index in [0.29, 0.717) is 12.1 Å². The molecule has 21 heavy (non-hydrogen) atoms. The van der Waals surface area contributed by atoms with Crippen molar-refractivity contribution in [2.45, 2.75) is 24.4 Å². The van der Waals surface area contributed by atoms with Crippen LogP contribution in [0.2, 0.25) is 0 Å². The minimum atomic E-state index is -3.71. The zero-order valence-corrected chi connectivity index (χ0v) is 12.4. The molecule has 1 atom stereocenters. The molecule has 0 saturated heterocycles. The van der Waals surface area contributed by atoms with E-state index in [-0.39, 0.29) is 16.8 Å². The van der Waals surface area contributed by atoms with Crippen molar-refractivity contribution in [2.24, 2.45) is 5.14 Å². The molecule has 0 saturated carbocycles. The molecule has 112 valence electrons. The molecule has 3 N–H and O–H groups in total. The van der Waals surface area contributed by atoms with Crippen LogP contribution in [-0.4, -0.2) is 8.42 Å². The molecule has 0 spiro atoms. The smallest absolute Gasteiger partial charge is 0.238 e. The molecule has 0 amide bonds. The number of rotatable bonds is 5. The summed E-state index contributed by atoms with van der Waals surface area (Å²) in [6.45, 7) is 2.26. The van der Waals surface area contributed by atoms with Gasteiger partial charge in [0.1, 0.15) is 5.82 Å². The summed E-state index contributed by atoms with van der Waals surface area (Å²) in [5, 5.41) is 8.25. The molecule has 4 nitrogen and oxygen atoms in total. The summed E-state index contributed by atoms with van der Waals surface area (Å²) in [6.07, 6.45) is 0. The fraction of sp³-hybridized carbons (Fsp3) is 0.200. The summed E-state index contributed by atoms with van der Waals surface area (Å²) >= 11 is 0. The number of hydrogen-bond donors (Lipinski definition) is 2. The second kappa shape index (κ2) is 6.34. The average molecular weight is 308 g/mol. The largest absolute Gasteiger partial charge is 0.306 e. The molecule has 0 bridgehead atoms. The molecule has 2 aromatic carbocycles. The molecule has 0 fully saturated rings. The Labute approximate surface area is 123 Å². The van der Waals surface area contributed by atoms with Gasteiger partial charge in [-0.3, -0.25) is 0 Å². The normalized spacial score (nSPS) is 13.1. The van der Waals surface area contributed by atoms with Gasteiger partial charge < -0.3 is 5.32 Å². The first-order valence-electron chi connectivity index (χ1n) is 6.47. The van der Waals surface area contributed by atoms with Crippen molar-refractivity contribution < 1.29 is 12.8 Å². The molecule has 0 heterocycles. The van der Waals surface area contributed by atoms with E-state index in [4.69, 9.17) is 5.14 Å². The van der Waals surface area contributed by atoms with E-state index in [2.05, 4.69) is 5.32 Å². The Morgan fingerprint density at radius 3 is 2.57 bits per heavy atom. The number of sulfonamides is 1. The third-order valence-corrected chi connectivity index (χ3v) is 4.12. The van der Waals surface area contributed by atoms with Gasteiger partial charge in [-0.25, -0.2) is 17.9 Å². The van der Waals surface area contributed by atoms with Crippen LogP contribution >= 0.6 is 0 Å². The number of nitrogens with two attached hydrogens (primary N) is 1. The van der Waals surface area contributed by atoms with E-state index in [9.17, 15) is 12.8 Å². The van der Waals surface area contributed by atoms with E-state index < -0.39 is 10.0 Å². The Hall–Kier alpha value is -1.76. The van der Waals surface area contributed by atoms with Gasteiger partial charge in [-0.2, -0.15) is 0 Å². The van der Waals surface area contributed by atoms with Crippen LogP contribution in [-0.2, 0) is 16.6 Å². The van der Waals surface area contributed by atoms with Crippen LogP contribution in [0.1, 0.15) is 24.1 Å². The SMILES string of the molecule is CC(NCc1cccc(S(N)(=O)=O)c1)c1ccccc1F. The Morgan fingerprint density at radius 2 is 1.90 bits per heavy atom. The topological polar surface area (TPSA) is 72.2 Å². The first-order valence-corrected chi connectivity index (χ1v) is 8.02. The van der Waals surface area contributed by atoms with E-state index >= 15 is 0 Å². The summed E-state index contributed by atoms with van der Waals surface area (Å²) < 4.78 is 36.2. The van der Waals surface area contributed by atoms with Crippen LogP contribution in [0.5, 0.6) is 0 Å². The van der Waals surface area contributed by atoms with Crippen LogP contribution in [0.25, 0.3) is 0 Å². The highest BCUT2D eigenvalue weighted by molar-refractivity contribution is 7.89. The highest BCUT2D eigenvalue weighted by Crippen LogP contribution is 2.17. The van der Waals surface area contributed by atoms with E-state index in [0.717, 1.165) is 5.56 Å². The third kappa shape index (κ3) is 4.10. The van der Waals surface area contributed by atoms with Gasteiger partial charge in [0.2, 0.25) is 10.0 Å². The molecule has 0 aliphatic rings. The van der Waals surface area contributed by atoms with Crippen molar-refractivity contribution in [3.05, 3.63) is 65.5 Å². The molecule has 2 rings (SSSR count). The van der Waals surface area contributed by atoms with Crippen LogP contribution in [0.3, 0.4) is 0 Å². The predicted molar refractivity (Wildman–Crippen MR) is 79.5 cm³/mol. The summed E-state index contributed by atoms with van der Waals surface area (Å²) in [5.41, 5.74) is 1.34. The number of nitrogens with one attached hydrogen (secondary N) is 1. The Morgan fingerprint density at radius 1 is 1.19 bits per heavy atom. The quantitative estimate of drug-likeness (QED) is 0.890. The van der Waals surface area contributed by atoms with Gasteiger partial charge in [0.25, 0.3) is 0 Å². The van der Waals surface area contributed by atoms with E-state index in [1.165, 1.54) is 18.2 Å². The van der Waals surface area contributed by atoms with Crippen molar-refractivity contribution in [1.82, 2.24) is 5.32 Å². The molecule has 0 aliphatic carbocycles. The van der Waals surface area contributed by atoms with Crippen LogP contribution in [0.15, 0.2) is 53.4 Å². The van der Waals surface area contributed by atoms with Crippen LogP contribution < -0.4 is 10.5 Å². The summed E-state index contributed by atoms with van der Waals surface area (Å²) in [4.78, 5) is 0.0698. The highest BCUT2D eigenvalue weighted by atomic mass is 32.2. The minimum absolute atomic E-state index is 0.0698. The molecule has 0 radical (unpaired) electrons. The number of halogens is 1. The zero-order valence-electron chi connectivity index (χ0n) is 11.6. The lowest BCUT2D eigenvalue weighted by molar-refractivity contribution is 0.528. The van der Waals surface area contributed by atoms with Gasteiger partial charge in [-0.15, -0.1) is 0 Å². The molecule has 1 unspecified atom stereocenters. The highest BCUT2D eigenvalue weighted by Gasteiger charge is 2.11. The summed E-state index contributed by atoms with van der Waals surface area (Å²) in [6, 6.07) is 12.7. The second-order valence-electron chi connectivity index (χ2n) is 4.82. The van der Waals surface area contributed by atoms with Crippen molar-refractivity contribution >= 4 is 10.0 Å². The Kier molecular flexibility index (Phi) is 4.72. The third-order valence-electron chi connectivity index (χ3n) is 3.21. The first kappa shape index (κ1) is 15.6. The van der Waals surface area contributed by atoms with E-state index in [1.807, 2.05) is 6.92 Å². The first-order chi connectivity index (χ1) is 9.88. The lowest BCUT2D eigenvalue weighted by atomic mass is 10.1. The molecule has 2 aromatic rings. The fourth-order valence-electron chi connectivity index (χ4n) is 2.04. The number of benzene rings is 2. The predicted octanol–water partition coefficient (Wildman–Crippen LogP) is 2.32. The monoisotopic (exact) mass is 308 g/mol. The van der Waals surface area contributed by atoms with Crippen molar-refractivity contribution in [3.8, 4) is 0 Å². The number of primary sulfonamides is 1. The Balaban J connectivity index is 2.09. The van der Waals surface area contributed by atoms with Gasteiger partial charge >= 0.3 is 0 Å². The maximum Gasteiger partial charge on any atom is 0.238 e. The molecule has 0 aromatic heterocycles. The maximum atomic E-state index is 13.7. The van der Waals surface area contributed by atoms with Gasteiger partial charge in [-0.1, -0.05) is 30.3 Å². The molecule has 0 aliphatic heterocycles. The minimum Gasteiger partial charge on any atom is -0.306 e. The zero-order chi connectivity index (χ0) is 15.5. The van der Waals surface area contributed by atoms with Crippen molar-refractivity contribution in [1.29, 1.82) is 0 Å². The van der Waals surface area contributed by atoms with Gasteiger partial charge in [0.05, 0.1) is 4.90 Å². The van der Waals surface area contributed by atoms with Crippen molar-refractivity contribution in [3.63, 3.8) is 0 Å². The standard InChI is InChI=1S/C15H17FN2O2S/c1-11(14-7-2-3-8-15(14)16)18-10-12-5-4-6-13(9-12)21(17,19)20/h2-9,11,18H,10H2,1H3,(H2,17,19,20). The fourth-order valence-corrected chi connectivity index (χ4v) is 2.62. The second-order valence-corrected chi connectivity index (χ2v) is 6.38. The number of hydrogen-bond acceptors (Lipinski definition) is 3. The van der Waals surface area contributed by atoms with Gasteiger partial charge in [0.15, 0.2) is 0 Å². The summed E-state index contributed by atoms with van der Waals surface area (Å²) in [7, 11) is -3.71. The Bertz CT molecular complexity index is 732. The molecule has 6 heteroatoms. The van der Waals surface area contributed by atoms with E-state index in [1.54, 1.807) is 30.3 Å². The average Bonchev–Trinajstić information content (AvgIpc) is 2.45. The molecular formula is C15H17FN2O2S. The van der Waals surface area contributed by atoms with Gasteiger partial charge in [0, 0.05) is 18.2 Å².